The summed E-state index contributed by atoms with van der Waals surface area (Å²) in [5.74, 6) is 1.49. The average Bonchev–Trinajstić information content (AvgIpc) is 2.86. The number of nitrogens with zero attached hydrogens (tertiary/aromatic N) is 3. The number of fused-ring (bicyclic) bond motifs is 1. The molecule has 0 fully saturated rings. The smallest absolute Gasteiger partial charge is 0.244 e. The van der Waals surface area contributed by atoms with Gasteiger partial charge in [0.25, 0.3) is 0 Å². The largest absolute Gasteiger partial charge is 0.818 e. The predicted octanol–water partition coefficient (Wildman–Crippen LogP) is -0.442. The van der Waals surface area contributed by atoms with E-state index in [2.05, 4.69) is 5.10 Å². The van der Waals surface area contributed by atoms with E-state index >= 15 is 0 Å². The van der Waals surface area contributed by atoms with Crippen molar-refractivity contribution < 1.29 is 19.1 Å². The molecule has 0 bridgehead atoms. The van der Waals surface area contributed by atoms with Crippen LogP contribution in [0.3, 0.4) is 0 Å². The fourth-order valence-corrected chi connectivity index (χ4v) is 1.76. The Kier molecular flexibility index (Phi) is 2.14. The maximum atomic E-state index is 11.2. The van der Waals surface area contributed by atoms with Crippen molar-refractivity contribution in [3.8, 4) is 17.5 Å². The molecule has 1 aliphatic rings. The van der Waals surface area contributed by atoms with Gasteiger partial charge in [0.05, 0.1) is 7.05 Å². The Hall–Kier alpha value is -2.24. The topological polar surface area (TPSA) is 63.2 Å². The lowest BCUT2D eigenvalue weighted by atomic mass is 10.2. The zero-order valence-electron chi connectivity index (χ0n) is 9.29. The van der Waals surface area contributed by atoms with Crippen LogP contribution in [0, 0.1) is 0 Å². The van der Waals surface area contributed by atoms with Crippen LogP contribution in [0.25, 0.3) is 0 Å². The number of hydrogen-bond acceptors (Lipinski definition) is 4. The van der Waals surface area contributed by atoms with Gasteiger partial charge in [-0.05, 0) is 17.7 Å². The van der Waals surface area contributed by atoms with E-state index in [9.17, 15) is 5.11 Å². The summed E-state index contributed by atoms with van der Waals surface area (Å²) in [5.41, 5.74) is 1.01. The van der Waals surface area contributed by atoms with E-state index in [0.29, 0.717) is 6.54 Å². The molecule has 0 saturated heterocycles. The standard InChI is InChI=1S/C11H11N3O3/c1-13-6-14(12-11(13)15)5-8-2-3-9-10(4-8)17-7-16-9/h2-4,6H,5,7H2,1H3. The summed E-state index contributed by atoms with van der Waals surface area (Å²) in [6.45, 7) is 0.799. The fourth-order valence-electron chi connectivity index (χ4n) is 1.76. The molecule has 0 spiro atoms. The minimum absolute atomic E-state index is 0.259. The van der Waals surface area contributed by atoms with E-state index in [4.69, 9.17) is 9.47 Å². The van der Waals surface area contributed by atoms with Crippen LogP contribution in [0.4, 0.5) is 0 Å². The quantitative estimate of drug-likeness (QED) is 0.660. The molecular formula is C11H11N3O3. The molecule has 0 aliphatic carbocycles. The zero-order valence-corrected chi connectivity index (χ0v) is 9.29. The molecule has 1 aliphatic heterocycles. The van der Waals surface area contributed by atoms with E-state index in [1.165, 1.54) is 4.57 Å². The third kappa shape index (κ3) is 1.77. The van der Waals surface area contributed by atoms with Gasteiger partial charge in [-0.2, -0.15) is 0 Å². The van der Waals surface area contributed by atoms with Gasteiger partial charge < -0.3 is 14.6 Å². The summed E-state index contributed by atoms with van der Waals surface area (Å²) >= 11 is 0. The van der Waals surface area contributed by atoms with Gasteiger partial charge in [0.2, 0.25) is 19.1 Å². The van der Waals surface area contributed by atoms with Gasteiger partial charge in [0.1, 0.15) is 6.54 Å². The minimum Gasteiger partial charge on any atom is -0.818 e. The maximum absolute atomic E-state index is 11.2. The van der Waals surface area contributed by atoms with Crippen LogP contribution in [0.5, 0.6) is 17.5 Å². The maximum Gasteiger partial charge on any atom is 0.244 e. The number of hydrogen-bond donors (Lipinski definition) is 0. The lowest BCUT2D eigenvalue weighted by Gasteiger charge is -1.99. The van der Waals surface area contributed by atoms with Crippen molar-refractivity contribution in [3.63, 3.8) is 0 Å². The van der Waals surface area contributed by atoms with Crippen molar-refractivity contribution in [2.45, 2.75) is 6.54 Å². The Bertz CT molecular complexity index is 546. The third-order valence-corrected chi connectivity index (χ3v) is 2.60. The molecule has 1 aromatic heterocycles. The molecule has 2 heterocycles. The van der Waals surface area contributed by atoms with Gasteiger partial charge in [-0.15, -0.1) is 4.68 Å². The van der Waals surface area contributed by atoms with Crippen molar-refractivity contribution >= 4 is 0 Å². The molecule has 0 amide bonds. The molecular weight excluding hydrogens is 222 g/mol. The van der Waals surface area contributed by atoms with Crippen LogP contribution < -0.4 is 19.1 Å². The van der Waals surface area contributed by atoms with Crippen molar-refractivity contribution in [1.29, 1.82) is 0 Å². The lowest BCUT2D eigenvalue weighted by molar-refractivity contribution is -0.714. The third-order valence-electron chi connectivity index (χ3n) is 2.60. The highest BCUT2D eigenvalue weighted by atomic mass is 16.7. The molecule has 88 valence electrons. The summed E-state index contributed by atoms with van der Waals surface area (Å²) in [4.78, 5) is 0. The highest BCUT2D eigenvalue weighted by Gasteiger charge is 2.14. The Morgan fingerprint density at radius 1 is 1.41 bits per heavy atom. The number of benzene rings is 1. The van der Waals surface area contributed by atoms with Crippen molar-refractivity contribution in [1.82, 2.24) is 9.78 Å². The number of aryl methyl sites for hydroxylation is 1. The summed E-state index contributed by atoms with van der Waals surface area (Å²) < 4.78 is 13.5. The predicted molar refractivity (Wildman–Crippen MR) is 54.5 cm³/mol. The molecule has 1 aromatic carbocycles. The van der Waals surface area contributed by atoms with Crippen molar-refractivity contribution in [3.05, 3.63) is 30.1 Å². The Morgan fingerprint density at radius 2 is 2.24 bits per heavy atom. The first-order chi connectivity index (χ1) is 8.22. The molecule has 0 radical (unpaired) electrons. The van der Waals surface area contributed by atoms with Gasteiger partial charge in [0, 0.05) is 5.10 Å². The van der Waals surface area contributed by atoms with Crippen LogP contribution in [0.15, 0.2) is 24.5 Å². The summed E-state index contributed by atoms with van der Waals surface area (Å²) in [7, 11) is 1.67. The first-order valence-electron chi connectivity index (χ1n) is 5.21. The second-order valence-corrected chi connectivity index (χ2v) is 3.89. The monoisotopic (exact) mass is 233 g/mol. The highest BCUT2D eigenvalue weighted by molar-refractivity contribution is 5.44. The molecule has 0 atom stereocenters. The van der Waals surface area contributed by atoms with E-state index < -0.39 is 0 Å². The number of ether oxygens (including phenoxy) is 2. The van der Waals surface area contributed by atoms with Crippen LogP contribution in [-0.2, 0) is 13.6 Å². The molecule has 0 unspecified atom stereocenters. The van der Waals surface area contributed by atoms with Gasteiger partial charge in [0.15, 0.2) is 11.5 Å². The second-order valence-electron chi connectivity index (χ2n) is 3.89. The SMILES string of the molecule is C[n+]1cn(Cc2ccc3c(c2)OCO3)nc1[O-]. The zero-order chi connectivity index (χ0) is 11.8. The molecule has 6 nitrogen and oxygen atoms in total. The molecule has 0 saturated carbocycles. The van der Waals surface area contributed by atoms with Crippen LogP contribution in [0.1, 0.15) is 5.56 Å². The van der Waals surface area contributed by atoms with Crippen LogP contribution >= 0.6 is 0 Å². The minimum atomic E-state index is -0.259. The van der Waals surface area contributed by atoms with E-state index in [1.807, 2.05) is 18.2 Å². The lowest BCUT2D eigenvalue weighted by Crippen LogP contribution is -2.29. The Balaban J connectivity index is 1.85. The molecule has 0 N–H and O–H groups in total. The molecule has 6 heteroatoms. The van der Waals surface area contributed by atoms with Crippen LogP contribution in [0.2, 0.25) is 0 Å². The summed E-state index contributed by atoms with van der Waals surface area (Å²) in [6.07, 6.45) is 1.66. The van der Waals surface area contributed by atoms with Crippen molar-refractivity contribution in [2.24, 2.45) is 7.05 Å². The Labute approximate surface area is 97.6 Å². The number of aromatic nitrogens is 3. The first kappa shape index (κ1) is 9.95. The van der Waals surface area contributed by atoms with E-state index in [-0.39, 0.29) is 12.8 Å². The first-order valence-corrected chi connectivity index (χ1v) is 5.21. The van der Waals surface area contributed by atoms with Gasteiger partial charge >= 0.3 is 0 Å². The van der Waals surface area contributed by atoms with Crippen LogP contribution in [-0.4, -0.2) is 16.6 Å². The number of rotatable bonds is 2. The van der Waals surface area contributed by atoms with Gasteiger partial charge in [-0.1, -0.05) is 6.07 Å². The molecule has 17 heavy (non-hydrogen) atoms. The molecule has 3 rings (SSSR count). The normalized spacial score (nSPS) is 13.0. The highest BCUT2D eigenvalue weighted by Crippen LogP contribution is 2.32. The van der Waals surface area contributed by atoms with E-state index in [0.717, 1.165) is 17.1 Å². The average molecular weight is 233 g/mol. The van der Waals surface area contributed by atoms with Gasteiger partial charge in [-0.3, -0.25) is 0 Å². The van der Waals surface area contributed by atoms with Crippen molar-refractivity contribution in [2.75, 3.05) is 6.79 Å². The summed E-state index contributed by atoms with van der Waals surface area (Å²) in [5, 5.41) is 15.1. The van der Waals surface area contributed by atoms with Gasteiger partial charge in [-0.25, -0.2) is 4.57 Å². The molecule has 2 aromatic rings. The second kappa shape index (κ2) is 3.65. The van der Waals surface area contributed by atoms with E-state index in [1.54, 1.807) is 18.1 Å². The fraction of sp³-hybridized carbons (Fsp3) is 0.273. The summed E-state index contributed by atoms with van der Waals surface area (Å²) in [6, 6.07) is 5.43. The Morgan fingerprint density at radius 3 is 3.00 bits per heavy atom.